The van der Waals surface area contributed by atoms with Crippen molar-refractivity contribution in [2.75, 3.05) is 7.11 Å². The summed E-state index contributed by atoms with van der Waals surface area (Å²) in [5, 5.41) is 7.38. The van der Waals surface area contributed by atoms with Gasteiger partial charge >= 0.3 is 0 Å². The molecule has 1 N–H and O–H groups in total. The lowest BCUT2D eigenvalue weighted by Gasteiger charge is -2.14. The van der Waals surface area contributed by atoms with Crippen LogP contribution in [0.5, 0.6) is 5.75 Å². The molecule has 0 saturated heterocycles. The highest BCUT2D eigenvalue weighted by Gasteiger charge is 2.18. The van der Waals surface area contributed by atoms with Gasteiger partial charge in [-0.1, -0.05) is 48.5 Å². The van der Waals surface area contributed by atoms with Crippen LogP contribution in [0.2, 0.25) is 0 Å². The summed E-state index contributed by atoms with van der Waals surface area (Å²) in [6.45, 7) is 6.58. The fraction of sp³-hybridized carbons (Fsp3) is 0.231. The normalized spacial score (nSPS) is 10.9. The summed E-state index contributed by atoms with van der Waals surface area (Å²) in [6.07, 6.45) is 2.23. The molecule has 34 heavy (non-hydrogen) atoms. The number of hydrogen-bond acceptors (Lipinski definition) is 5. The second-order valence-corrected chi connectivity index (χ2v) is 7.91. The standard InChI is InChI=1S/C26H27N5O3/c1-4-16-30-18(2)22(14-15-23(32)27-17-19-10-12-21(34-3)13-11-19)25(33)31-26(30)28-24(29-31)20-8-6-5-7-9-20/h4-13H,1,14-17H2,2-3H3,(H,27,32). The maximum Gasteiger partial charge on any atom is 0.279 e. The minimum atomic E-state index is -0.259. The van der Waals surface area contributed by atoms with Crippen molar-refractivity contribution in [2.24, 2.45) is 0 Å². The monoisotopic (exact) mass is 457 g/mol. The molecule has 2 heterocycles. The molecule has 0 aliphatic heterocycles. The molecule has 8 heteroatoms. The summed E-state index contributed by atoms with van der Waals surface area (Å²) in [7, 11) is 1.61. The van der Waals surface area contributed by atoms with Gasteiger partial charge in [0.2, 0.25) is 11.7 Å². The Kier molecular flexibility index (Phi) is 6.87. The lowest BCUT2D eigenvalue weighted by molar-refractivity contribution is -0.121. The Balaban J connectivity index is 1.56. The highest BCUT2D eigenvalue weighted by Crippen LogP contribution is 2.17. The van der Waals surface area contributed by atoms with Gasteiger partial charge in [-0.3, -0.25) is 9.59 Å². The number of amides is 1. The molecular formula is C26H27N5O3. The van der Waals surface area contributed by atoms with Gasteiger partial charge in [0, 0.05) is 36.3 Å². The quantitative estimate of drug-likeness (QED) is 0.390. The zero-order chi connectivity index (χ0) is 24.1. The van der Waals surface area contributed by atoms with Crippen molar-refractivity contribution in [1.82, 2.24) is 24.5 Å². The largest absolute Gasteiger partial charge is 0.497 e. The highest BCUT2D eigenvalue weighted by molar-refractivity contribution is 5.76. The number of carbonyl (C=O) groups excluding carboxylic acids is 1. The highest BCUT2D eigenvalue weighted by atomic mass is 16.5. The van der Waals surface area contributed by atoms with Gasteiger partial charge in [0.15, 0.2) is 5.82 Å². The minimum Gasteiger partial charge on any atom is -0.497 e. The Bertz CT molecular complexity index is 1370. The minimum absolute atomic E-state index is 0.131. The second-order valence-electron chi connectivity index (χ2n) is 7.91. The number of aromatic nitrogens is 4. The summed E-state index contributed by atoms with van der Waals surface area (Å²) in [4.78, 5) is 30.4. The van der Waals surface area contributed by atoms with E-state index in [1.165, 1.54) is 4.52 Å². The number of allylic oxidation sites excluding steroid dienone is 1. The Labute approximate surface area is 197 Å². The molecule has 2 aromatic heterocycles. The Hall–Kier alpha value is -4.20. The molecule has 4 aromatic rings. The van der Waals surface area contributed by atoms with Crippen LogP contribution in [-0.4, -0.2) is 32.2 Å². The van der Waals surface area contributed by atoms with E-state index in [0.29, 0.717) is 36.7 Å². The van der Waals surface area contributed by atoms with Gasteiger partial charge in [0.25, 0.3) is 5.56 Å². The molecule has 1 amide bonds. The molecule has 4 rings (SSSR count). The number of nitrogens with one attached hydrogen (secondary N) is 1. The Morgan fingerprint density at radius 1 is 1.15 bits per heavy atom. The van der Waals surface area contributed by atoms with E-state index in [0.717, 1.165) is 22.6 Å². The molecule has 0 unspecified atom stereocenters. The van der Waals surface area contributed by atoms with Gasteiger partial charge in [-0.15, -0.1) is 11.7 Å². The topological polar surface area (TPSA) is 90.5 Å². The first-order valence-corrected chi connectivity index (χ1v) is 11.1. The molecule has 174 valence electrons. The van der Waals surface area contributed by atoms with Crippen molar-refractivity contribution in [3.8, 4) is 17.1 Å². The molecule has 0 aliphatic carbocycles. The van der Waals surface area contributed by atoms with Gasteiger partial charge in [-0.25, -0.2) is 0 Å². The maximum atomic E-state index is 13.3. The van der Waals surface area contributed by atoms with Crippen molar-refractivity contribution in [1.29, 1.82) is 0 Å². The van der Waals surface area contributed by atoms with E-state index < -0.39 is 0 Å². The zero-order valence-corrected chi connectivity index (χ0v) is 19.3. The van der Waals surface area contributed by atoms with Crippen molar-refractivity contribution in [3.63, 3.8) is 0 Å². The van der Waals surface area contributed by atoms with Crippen LogP contribution >= 0.6 is 0 Å². The molecule has 0 fully saturated rings. The van der Waals surface area contributed by atoms with Gasteiger partial charge < -0.3 is 14.6 Å². The van der Waals surface area contributed by atoms with Crippen molar-refractivity contribution >= 4 is 11.7 Å². The number of carbonyl (C=O) groups is 1. The number of ether oxygens (including phenoxy) is 1. The third-order valence-corrected chi connectivity index (χ3v) is 5.72. The van der Waals surface area contributed by atoms with Crippen LogP contribution in [0.4, 0.5) is 0 Å². The summed E-state index contributed by atoms with van der Waals surface area (Å²) in [5.74, 6) is 1.56. The van der Waals surface area contributed by atoms with Crippen LogP contribution in [0, 0.1) is 6.92 Å². The first kappa shape index (κ1) is 23.0. The van der Waals surface area contributed by atoms with E-state index in [1.807, 2.05) is 66.1 Å². The first-order valence-electron chi connectivity index (χ1n) is 11.1. The molecule has 0 bridgehead atoms. The predicted octanol–water partition coefficient (Wildman–Crippen LogP) is 3.31. The van der Waals surface area contributed by atoms with Crippen LogP contribution in [-0.2, 0) is 24.3 Å². The van der Waals surface area contributed by atoms with E-state index >= 15 is 0 Å². The van der Waals surface area contributed by atoms with Crippen molar-refractivity contribution in [3.05, 3.63) is 94.4 Å². The summed E-state index contributed by atoms with van der Waals surface area (Å²) >= 11 is 0. The van der Waals surface area contributed by atoms with Crippen LogP contribution in [0.15, 0.2) is 72.0 Å². The number of methoxy groups -OCH3 is 1. The molecule has 0 spiro atoms. The molecule has 8 nitrogen and oxygen atoms in total. The third-order valence-electron chi connectivity index (χ3n) is 5.72. The first-order chi connectivity index (χ1) is 16.5. The Morgan fingerprint density at radius 3 is 2.56 bits per heavy atom. The second kappa shape index (κ2) is 10.2. The Morgan fingerprint density at radius 2 is 1.88 bits per heavy atom. The number of nitrogens with zero attached hydrogens (tertiary/aromatic N) is 4. The summed E-state index contributed by atoms with van der Waals surface area (Å²) in [5.41, 5.74) is 2.83. The summed E-state index contributed by atoms with van der Waals surface area (Å²) < 4.78 is 8.38. The SMILES string of the molecule is C=CCn1c(C)c(CCC(=O)NCc2ccc(OC)cc2)c(=O)n2nc(-c3ccccc3)nc12. The summed E-state index contributed by atoms with van der Waals surface area (Å²) in [6, 6.07) is 17.0. The fourth-order valence-electron chi connectivity index (χ4n) is 3.83. The van der Waals surface area contributed by atoms with Crippen LogP contribution < -0.4 is 15.6 Å². The number of hydrogen-bond donors (Lipinski definition) is 1. The van der Waals surface area contributed by atoms with Gasteiger partial charge in [-0.05, 0) is 31.0 Å². The van der Waals surface area contributed by atoms with Gasteiger partial charge in [0.1, 0.15) is 5.75 Å². The van der Waals surface area contributed by atoms with E-state index in [-0.39, 0.29) is 17.9 Å². The molecule has 0 radical (unpaired) electrons. The molecule has 2 aromatic carbocycles. The molecule has 0 aliphatic rings. The number of fused-ring (bicyclic) bond motifs is 1. The smallest absolute Gasteiger partial charge is 0.279 e. The molecule has 0 saturated carbocycles. The average Bonchev–Trinajstić information content (AvgIpc) is 3.32. The fourth-order valence-corrected chi connectivity index (χ4v) is 3.83. The number of rotatable bonds is 9. The van der Waals surface area contributed by atoms with Crippen LogP contribution in [0.25, 0.3) is 17.2 Å². The molecular weight excluding hydrogens is 430 g/mol. The predicted molar refractivity (Wildman–Crippen MR) is 131 cm³/mol. The van der Waals surface area contributed by atoms with E-state index in [1.54, 1.807) is 13.2 Å². The molecule has 0 atom stereocenters. The van der Waals surface area contributed by atoms with Gasteiger partial charge in [0.05, 0.1) is 7.11 Å². The lowest BCUT2D eigenvalue weighted by Crippen LogP contribution is -2.28. The van der Waals surface area contributed by atoms with E-state index in [2.05, 4.69) is 22.0 Å². The van der Waals surface area contributed by atoms with Crippen molar-refractivity contribution < 1.29 is 9.53 Å². The van der Waals surface area contributed by atoms with E-state index in [9.17, 15) is 9.59 Å². The maximum absolute atomic E-state index is 13.3. The van der Waals surface area contributed by atoms with Gasteiger partial charge in [-0.2, -0.15) is 9.50 Å². The van der Waals surface area contributed by atoms with Crippen molar-refractivity contribution in [2.45, 2.75) is 32.9 Å². The average molecular weight is 458 g/mol. The van der Waals surface area contributed by atoms with E-state index in [4.69, 9.17) is 4.74 Å². The third kappa shape index (κ3) is 4.76. The van der Waals surface area contributed by atoms with Crippen LogP contribution in [0.1, 0.15) is 23.2 Å². The zero-order valence-electron chi connectivity index (χ0n) is 19.3. The lowest BCUT2D eigenvalue weighted by atomic mass is 10.1. The number of benzene rings is 2. The van der Waals surface area contributed by atoms with Crippen LogP contribution in [0.3, 0.4) is 0 Å².